The highest BCUT2D eigenvalue weighted by molar-refractivity contribution is 5.69. The summed E-state index contributed by atoms with van der Waals surface area (Å²) in [6, 6.07) is 0. The Balaban J connectivity index is 2.07. The number of fused-ring (bicyclic) bond motifs is 2. The lowest BCUT2D eigenvalue weighted by Gasteiger charge is -2.38. The normalized spacial score (nSPS) is 40.0. The summed E-state index contributed by atoms with van der Waals surface area (Å²) in [5.41, 5.74) is 0.547. The third-order valence-corrected chi connectivity index (χ3v) is 5.44. The third-order valence-electron chi connectivity index (χ3n) is 5.44. The number of esters is 1. The van der Waals surface area contributed by atoms with Crippen molar-refractivity contribution in [2.24, 2.45) is 16.7 Å². The van der Waals surface area contributed by atoms with Crippen LogP contribution in [-0.4, -0.2) is 12.1 Å². The van der Waals surface area contributed by atoms with E-state index in [0.29, 0.717) is 11.8 Å². The van der Waals surface area contributed by atoms with Crippen LogP contribution < -0.4 is 0 Å². The standard InChI is InChI=1S/C14H24O2/c1-5-6-12(15)16-11-9-10-7-8-14(11,4)13(10,2)3/h10-11H,5-9H2,1-4H3. The molecule has 2 heteroatoms. The average Bonchev–Trinajstić information content (AvgIpc) is 2.51. The van der Waals surface area contributed by atoms with E-state index in [0.717, 1.165) is 18.8 Å². The van der Waals surface area contributed by atoms with Gasteiger partial charge in [-0.2, -0.15) is 0 Å². The fourth-order valence-corrected chi connectivity index (χ4v) is 3.73. The maximum absolute atomic E-state index is 11.6. The van der Waals surface area contributed by atoms with E-state index in [4.69, 9.17) is 4.74 Å². The summed E-state index contributed by atoms with van der Waals surface area (Å²) in [4.78, 5) is 11.6. The second-order valence-corrected chi connectivity index (χ2v) is 6.34. The van der Waals surface area contributed by atoms with Gasteiger partial charge in [-0.15, -0.1) is 0 Å². The lowest BCUT2D eigenvalue weighted by molar-refractivity contribution is -0.156. The monoisotopic (exact) mass is 224 g/mol. The number of hydrogen-bond acceptors (Lipinski definition) is 2. The summed E-state index contributed by atoms with van der Waals surface area (Å²) in [7, 11) is 0. The van der Waals surface area contributed by atoms with Gasteiger partial charge in [-0.25, -0.2) is 0 Å². The summed E-state index contributed by atoms with van der Waals surface area (Å²) in [5.74, 6) is 0.744. The Morgan fingerprint density at radius 3 is 2.50 bits per heavy atom. The van der Waals surface area contributed by atoms with Gasteiger partial charge in [0.15, 0.2) is 0 Å². The molecule has 3 atom stereocenters. The van der Waals surface area contributed by atoms with Gasteiger partial charge in [0.2, 0.25) is 0 Å². The smallest absolute Gasteiger partial charge is 0.306 e. The maximum atomic E-state index is 11.6. The van der Waals surface area contributed by atoms with Gasteiger partial charge in [0.05, 0.1) is 0 Å². The molecule has 0 aromatic heterocycles. The Bertz CT molecular complexity index is 295. The minimum Gasteiger partial charge on any atom is -0.462 e. The van der Waals surface area contributed by atoms with Crippen molar-refractivity contribution in [3.8, 4) is 0 Å². The predicted molar refractivity (Wildman–Crippen MR) is 64.0 cm³/mol. The van der Waals surface area contributed by atoms with E-state index in [1.807, 2.05) is 6.92 Å². The van der Waals surface area contributed by atoms with E-state index in [2.05, 4.69) is 20.8 Å². The highest BCUT2D eigenvalue weighted by atomic mass is 16.5. The maximum Gasteiger partial charge on any atom is 0.306 e. The molecule has 2 bridgehead atoms. The number of carbonyl (C=O) groups is 1. The highest BCUT2D eigenvalue weighted by Crippen LogP contribution is 2.66. The van der Waals surface area contributed by atoms with Gasteiger partial charge in [0, 0.05) is 11.8 Å². The first-order valence-electron chi connectivity index (χ1n) is 6.61. The Morgan fingerprint density at radius 1 is 1.38 bits per heavy atom. The predicted octanol–water partition coefficient (Wildman–Crippen LogP) is 3.54. The molecule has 2 nitrogen and oxygen atoms in total. The molecule has 2 aliphatic rings. The molecule has 16 heavy (non-hydrogen) atoms. The molecule has 2 fully saturated rings. The van der Waals surface area contributed by atoms with Gasteiger partial charge in [-0.05, 0) is 37.0 Å². The molecule has 2 saturated carbocycles. The van der Waals surface area contributed by atoms with Gasteiger partial charge in [-0.3, -0.25) is 4.79 Å². The number of ether oxygens (including phenoxy) is 1. The minimum atomic E-state index is -0.00271. The molecule has 0 radical (unpaired) electrons. The van der Waals surface area contributed by atoms with Gasteiger partial charge < -0.3 is 4.74 Å². The number of hydrogen-bond donors (Lipinski definition) is 0. The van der Waals surface area contributed by atoms with E-state index in [1.54, 1.807) is 0 Å². The van der Waals surface area contributed by atoms with Crippen molar-refractivity contribution in [2.75, 3.05) is 0 Å². The topological polar surface area (TPSA) is 26.3 Å². The molecule has 2 aliphatic carbocycles. The van der Waals surface area contributed by atoms with Crippen LogP contribution in [0.4, 0.5) is 0 Å². The van der Waals surface area contributed by atoms with Crippen LogP contribution in [0.2, 0.25) is 0 Å². The molecule has 0 aromatic rings. The lowest BCUT2D eigenvalue weighted by atomic mass is 9.70. The largest absolute Gasteiger partial charge is 0.462 e. The van der Waals surface area contributed by atoms with Gasteiger partial charge in [0.25, 0.3) is 0 Å². The average molecular weight is 224 g/mol. The second-order valence-electron chi connectivity index (χ2n) is 6.34. The second kappa shape index (κ2) is 3.75. The molecular formula is C14H24O2. The zero-order chi connectivity index (χ0) is 12.0. The van der Waals surface area contributed by atoms with Crippen molar-refractivity contribution >= 4 is 5.97 Å². The summed E-state index contributed by atoms with van der Waals surface area (Å²) < 4.78 is 5.69. The lowest BCUT2D eigenvalue weighted by Crippen LogP contribution is -2.38. The van der Waals surface area contributed by atoms with Crippen molar-refractivity contribution in [1.82, 2.24) is 0 Å². The fraction of sp³-hybridized carbons (Fsp3) is 0.929. The Kier molecular flexibility index (Phi) is 2.80. The van der Waals surface area contributed by atoms with Crippen LogP contribution in [0.5, 0.6) is 0 Å². The molecule has 0 heterocycles. The van der Waals surface area contributed by atoms with Gasteiger partial charge in [-0.1, -0.05) is 27.7 Å². The van der Waals surface area contributed by atoms with Crippen molar-refractivity contribution in [1.29, 1.82) is 0 Å². The summed E-state index contributed by atoms with van der Waals surface area (Å²) in [6.07, 6.45) is 5.23. The van der Waals surface area contributed by atoms with Crippen molar-refractivity contribution in [2.45, 2.75) is 65.9 Å². The fourth-order valence-electron chi connectivity index (χ4n) is 3.73. The number of rotatable bonds is 3. The van der Waals surface area contributed by atoms with Crippen molar-refractivity contribution < 1.29 is 9.53 Å². The highest BCUT2D eigenvalue weighted by Gasteiger charge is 2.62. The molecule has 3 unspecified atom stereocenters. The molecule has 0 saturated heterocycles. The first-order valence-corrected chi connectivity index (χ1v) is 6.61. The SMILES string of the molecule is CCCC(=O)OC1CC2CCC1(C)C2(C)C. The van der Waals surface area contributed by atoms with Crippen molar-refractivity contribution in [3.63, 3.8) is 0 Å². The zero-order valence-corrected chi connectivity index (χ0v) is 11.0. The van der Waals surface area contributed by atoms with Gasteiger partial charge >= 0.3 is 5.97 Å². The third kappa shape index (κ3) is 1.49. The minimum absolute atomic E-state index is 0.00271. The Morgan fingerprint density at radius 2 is 2.06 bits per heavy atom. The molecule has 0 amide bonds. The molecule has 0 spiro atoms. The zero-order valence-electron chi connectivity index (χ0n) is 11.0. The summed E-state index contributed by atoms with van der Waals surface area (Å²) >= 11 is 0. The van der Waals surface area contributed by atoms with Crippen molar-refractivity contribution in [3.05, 3.63) is 0 Å². The summed E-state index contributed by atoms with van der Waals surface area (Å²) in [5, 5.41) is 0. The molecule has 2 rings (SSSR count). The van der Waals surface area contributed by atoms with Crippen LogP contribution in [0.3, 0.4) is 0 Å². The van der Waals surface area contributed by atoms with Crippen LogP contribution >= 0.6 is 0 Å². The molecule has 0 N–H and O–H groups in total. The summed E-state index contributed by atoms with van der Waals surface area (Å²) in [6.45, 7) is 9.02. The van der Waals surface area contributed by atoms with Gasteiger partial charge in [0.1, 0.15) is 6.10 Å². The van der Waals surface area contributed by atoms with Crippen LogP contribution in [-0.2, 0) is 9.53 Å². The first-order chi connectivity index (χ1) is 7.41. The Hall–Kier alpha value is -0.530. The molecule has 92 valence electrons. The van der Waals surface area contributed by atoms with E-state index in [1.165, 1.54) is 12.8 Å². The molecule has 0 aliphatic heterocycles. The van der Waals surface area contributed by atoms with Crippen LogP contribution in [0, 0.1) is 16.7 Å². The van der Waals surface area contributed by atoms with Crippen LogP contribution in [0.25, 0.3) is 0 Å². The van der Waals surface area contributed by atoms with Crippen LogP contribution in [0.1, 0.15) is 59.8 Å². The molecular weight excluding hydrogens is 200 g/mol. The quantitative estimate of drug-likeness (QED) is 0.685. The van der Waals surface area contributed by atoms with E-state index < -0.39 is 0 Å². The first kappa shape index (κ1) is 11.9. The van der Waals surface area contributed by atoms with E-state index in [-0.39, 0.29) is 17.5 Å². The Labute approximate surface area is 98.7 Å². The van der Waals surface area contributed by atoms with Crippen LogP contribution in [0.15, 0.2) is 0 Å². The van der Waals surface area contributed by atoms with E-state index in [9.17, 15) is 4.79 Å². The molecule has 0 aromatic carbocycles. The van der Waals surface area contributed by atoms with E-state index >= 15 is 0 Å². The number of carbonyl (C=O) groups excluding carboxylic acids is 1.